The molecule has 0 fully saturated rings. The van der Waals surface area contributed by atoms with Crippen molar-refractivity contribution in [3.8, 4) is 0 Å². The SMILES string of the molecule is CCN(CC)c1ccc([C@@H]2C(C(=O)Nc3ccc(Br)cn3)=C(C)NC3=C2C(=O)CC(C)(C)C3)cc1. The molecule has 2 N–H and O–H groups in total. The van der Waals surface area contributed by atoms with Crippen LogP contribution in [0.4, 0.5) is 11.5 Å². The van der Waals surface area contributed by atoms with Gasteiger partial charge in [0, 0.05) is 64.3 Å². The molecule has 0 unspecified atom stereocenters. The number of halogens is 1. The van der Waals surface area contributed by atoms with Gasteiger partial charge in [-0.05, 0) is 78.4 Å². The largest absolute Gasteiger partial charge is 0.372 e. The molecule has 1 atom stereocenters. The number of allylic oxidation sites excluding steroid dienone is 3. The Morgan fingerprint density at radius 3 is 2.43 bits per heavy atom. The minimum Gasteiger partial charge on any atom is -0.372 e. The Kier molecular flexibility index (Phi) is 7.17. The van der Waals surface area contributed by atoms with E-state index in [0.29, 0.717) is 23.4 Å². The van der Waals surface area contributed by atoms with E-state index in [2.05, 4.69) is 88.4 Å². The fourth-order valence-electron chi connectivity index (χ4n) is 5.17. The van der Waals surface area contributed by atoms with E-state index in [1.807, 2.05) is 13.0 Å². The normalized spacial score (nSPS) is 19.3. The smallest absolute Gasteiger partial charge is 0.255 e. The minimum atomic E-state index is -0.434. The maximum atomic E-state index is 13.6. The number of ketones is 1. The van der Waals surface area contributed by atoms with Gasteiger partial charge in [-0.2, -0.15) is 0 Å². The van der Waals surface area contributed by atoms with E-state index in [-0.39, 0.29) is 17.1 Å². The first-order valence-corrected chi connectivity index (χ1v) is 12.9. The monoisotopic (exact) mass is 536 g/mol. The molecule has 1 aromatic heterocycles. The van der Waals surface area contributed by atoms with Crippen LogP contribution in [0.1, 0.15) is 58.9 Å². The number of hydrogen-bond donors (Lipinski definition) is 2. The molecular formula is C28H33BrN4O2. The summed E-state index contributed by atoms with van der Waals surface area (Å²) in [4.78, 5) is 33.7. The second-order valence-corrected chi connectivity index (χ2v) is 10.9. The lowest BCUT2D eigenvalue weighted by molar-refractivity contribution is -0.118. The minimum absolute atomic E-state index is 0.0983. The number of carbonyl (C=O) groups is 2. The van der Waals surface area contributed by atoms with Crippen molar-refractivity contribution in [2.24, 2.45) is 5.41 Å². The number of amides is 1. The van der Waals surface area contributed by atoms with E-state index < -0.39 is 5.92 Å². The Morgan fingerprint density at radius 1 is 1.14 bits per heavy atom. The summed E-state index contributed by atoms with van der Waals surface area (Å²) in [6.07, 6.45) is 2.87. The van der Waals surface area contributed by atoms with Crippen molar-refractivity contribution in [2.45, 2.75) is 53.4 Å². The average molecular weight is 538 g/mol. The van der Waals surface area contributed by atoms with Gasteiger partial charge in [-0.1, -0.05) is 26.0 Å². The maximum absolute atomic E-state index is 13.6. The first kappa shape index (κ1) is 25.2. The molecule has 4 rings (SSSR count). The third-order valence-electron chi connectivity index (χ3n) is 6.81. The lowest BCUT2D eigenvalue weighted by atomic mass is 9.68. The topological polar surface area (TPSA) is 74.3 Å². The van der Waals surface area contributed by atoms with Crippen LogP contribution in [0.2, 0.25) is 0 Å². The number of carbonyl (C=O) groups excluding carboxylic acids is 2. The van der Waals surface area contributed by atoms with Crippen molar-refractivity contribution in [1.29, 1.82) is 0 Å². The molecule has 1 amide bonds. The van der Waals surface area contributed by atoms with Gasteiger partial charge >= 0.3 is 0 Å². The highest BCUT2D eigenvalue weighted by Gasteiger charge is 2.42. The van der Waals surface area contributed by atoms with E-state index in [0.717, 1.165) is 46.6 Å². The third kappa shape index (κ3) is 5.20. The van der Waals surface area contributed by atoms with Gasteiger partial charge in [0.2, 0.25) is 0 Å². The molecule has 1 aliphatic carbocycles. The van der Waals surface area contributed by atoms with Crippen LogP contribution in [0.15, 0.2) is 69.6 Å². The first-order valence-electron chi connectivity index (χ1n) is 12.2. The Labute approximate surface area is 216 Å². The molecule has 0 radical (unpaired) electrons. The van der Waals surface area contributed by atoms with Gasteiger partial charge in [-0.15, -0.1) is 0 Å². The summed E-state index contributed by atoms with van der Waals surface area (Å²) >= 11 is 3.38. The predicted octanol–water partition coefficient (Wildman–Crippen LogP) is 5.93. The van der Waals surface area contributed by atoms with Crippen molar-refractivity contribution in [2.75, 3.05) is 23.3 Å². The number of rotatable bonds is 6. The summed E-state index contributed by atoms with van der Waals surface area (Å²) in [5.41, 5.74) is 4.90. The molecule has 0 spiro atoms. The summed E-state index contributed by atoms with van der Waals surface area (Å²) in [6.45, 7) is 12.2. The highest BCUT2D eigenvalue weighted by Crippen LogP contribution is 2.46. The number of anilines is 2. The molecule has 1 aliphatic heterocycles. The summed E-state index contributed by atoms with van der Waals surface area (Å²) < 4.78 is 0.835. The van der Waals surface area contributed by atoms with Crippen molar-refractivity contribution in [3.63, 3.8) is 0 Å². The highest BCUT2D eigenvalue weighted by molar-refractivity contribution is 9.10. The number of benzene rings is 1. The summed E-state index contributed by atoms with van der Waals surface area (Å²) in [7, 11) is 0. The molecule has 184 valence electrons. The molecule has 2 heterocycles. The molecular weight excluding hydrogens is 504 g/mol. The van der Waals surface area contributed by atoms with Crippen molar-refractivity contribution >= 4 is 39.1 Å². The molecule has 6 nitrogen and oxygen atoms in total. The van der Waals surface area contributed by atoms with Crippen molar-refractivity contribution < 1.29 is 9.59 Å². The van der Waals surface area contributed by atoms with Gasteiger partial charge in [0.25, 0.3) is 5.91 Å². The number of hydrogen-bond acceptors (Lipinski definition) is 5. The third-order valence-corrected chi connectivity index (χ3v) is 7.28. The number of Topliss-reactive ketones (excluding diaryl/α,β-unsaturated/α-hetero) is 1. The van der Waals surface area contributed by atoms with E-state index >= 15 is 0 Å². The molecule has 0 bridgehead atoms. The molecule has 1 aromatic carbocycles. The first-order chi connectivity index (χ1) is 16.6. The van der Waals surface area contributed by atoms with Crippen molar-refractivity contribution in [3.05, 3.63) is 75.2 Å². The standard InChI is InChI=1S/C28H33BrN4O2/c1-6-33(7-2)20-11-8-18(9-12-20)25-24(27(35)32-23-13-10-19(29)16-30-23)17(3)31-21-14-28(4,5)15-22(34)26(21)25/h8-13,16,25,31H,6-7,14-15H2,1-5H3,(H,30,32,35)/t25-/m1/s1. The maximum Gasteiger partial charge on any atom is 0.255 e. The summed E-state index contributed by atoms with van der Waals surface area (Å²) in [5.74, 6) is -0.131. The molecule has 35 heavy (non-hydrogen) atoms. The number of pyridine rings is 1. The van der Waals surface area contributed by atoms with Crippen LogP contribution in [-0.4, -0.2) is 29.8 Å². The Morgan fingerprint density at radius 2 is 1.83 bits per heavy atom. The van der Waals surface area contributed by atoms with Crippen LogP contribution in [0.25, 0.3) is 0 Å². The van der Waals surface area contributed by atoms with Crippen LogP contribution in [0.5, 0.6) is 0 Å². The Hall–Kier alpha value is -2.93. The van der Waals surface area contributed by atoms with Gasteiger partial charge in [0.05, 0.1) is 0 Å². The Balaban J connectivity index is 1.78. The van der Waals surface area contributed by atoms with Gasteiger partial charge in [0.1, 0.15) is 5.82 Å². The zero-order valence-electron chi connectivity index (χ0n) is 21.0. The van der Waals surface area contributed by atoms with Crippen LogP contribution in [0.3, 0.4) is 0 Å². The lowest BCUT2D eigenvalue weighted by Crippen LogP contribution is -2.39. The van der Waals surface area contributed by atoms with Gasteiger partial charge in [0.15, 0.2) is 5.78 Å². The molecule has 7 heteroatoms. The zero-order valence-corrected chi connectivity index (χ0v) is 22.6. The van der Waals surface area contributed by atoms with Gasteiger partial charge < -0.3 is 15.5 Å². The number of nitrogens with zero attached hydrogens (tertiary/aromatic N) is 2. The van der Waals surface area contributed by atoms with Crippen molar-refractivity contribution in [1.82, 2.24) is 10.3 Å². The average Bonchev–Trinajstić information content (AvgIpc) is 2.80. The van der Waals surface area contributed by atoms with E-state index in [1.165, 1.54) is 0 Å². The second kappa shape index (κ2) is 9.97. The molecule has 0 saturated carbocycles. The lowest BCUT2D eigenvalue weighted by Gasteiger charge is -2.39. The Bertz CT molecular complexity index is 1190. The van der Waals surface area contributed by atoms with Crippen LogP contribution in [0, 0.1) is 5.41 Å². The van der Waals surface area contributed by atoms with E-state index in [4.69, 9.17) is 0 Å². The number of aromatic nitrogens is 1. The second-order valence-electron chi connectivity index (χ2n) is 10.0. The quantitative estimate of drug-likeness (QED) is 0.478. The highest BCUT2D eigenvalue weighted by atomic mass is 79.9. The van der Waals surface area contributed by atoms with Gasteiger partial charge in [-0.25, -0.2) is 4.98 Å². The van der Waals surface area contributed by atoms with Crippen LogP contribution in [-0.2, 0) is 9.59 Å². The zero-order chi connectivity index (χ0) is 25.3. The number of dihydropyridines is 1. The molecule has 0 saturated heterocycles. The van der Waals surface area contributed by atoms with Gasteiger partial charge in [-0.3, -0.25) is 9.59 Å². The van der Waals surface area contributed by atoms with Crippen LogP contribution >= 0.6 is 15.9 Å². The summed E-state index contributed by atoms with van der Waals surface area (Å²) in [5, 5.41) is 6.35. The summed E-state index contributed by atoms with van der Waals surface area (Å²) in [6, 6.07) is 11.9. The van der Waals surface area contributed by atoms with Crippen LogP contribution < -0.4 is 15.5 Å². The molecule has 2 aromatic rings. The van der Waals surface area contributed by atoms with E-state index in [9.17, 15) is 9.59 Å². The predicted molar refractivity (Wildman–Crippen MR) is 144 cm³/mol. The number of nitrogens with one attached hydrogen (secondary N) is 2. The fraction of sp³-hybridized carbons (Fsp3) is 0.393. The molecule has 2 aliphatic rings. The fourth-order valence-corrected chi connectivity index (χ4v) is 5.40. The van der Waals surface area contributed by atoms with E-state index in [1.54, 1.807) is 12.3 Å².